The smallest absolute Gasteiger partial charge is 0.335 e. The van der Waals surface area contributed by atoms with Crippen molar-refractivity contribution in [2.45, 2.75) is 25.3 Å². The molecule has 3 N–H and O–H groups in total. The number of carboxylic acids is 1. The number of aromatic carboxylic acids is 1. The molecule has 0 aliphatic heterocycles. The number of H-pyrrole nitrogens is 1. The van der Waals surface area contributed by atoms with Gasteiger partial charge in [-0.1, -0.05) is 0 Å². The highest BCUT2D eigenvalue weighted by Crippen LogP contribution is 2.16. The summed E-state index contributed by atoms with van der Waals surface area (Å²) in [5, 5.41) is 15.3. The molecule has 0 atom stereocenters. The van der Waals surface area contributed by atoms with Crippen molar-refractivity contribution in [2.75, 3.05) is 0 Å². The van der Waals surface area contributed by atoms with Crippen molar-refractivity contribution >= 4 is 16.0 Å². The van der Waals surface area contributed by atoms with E-state index in [0.29, 0.717) is 17.1 Å². The molecule has 21 heavy (non-hydrogen) atoms. The Kier molecular flexibility index (Phi) is 4.05. The minimum Gasteiger partial charge on any atom is -0.478 e. The Morgan fingerprint density at radius 2 is 2.14 bits per heavy atom. The van der Waals surface area contributed by atoms with Crippen molar-refractivity contribution < 1.29 is 18.3 Å². The zero-order chi connectivity index (χ0) is 15.6. The molecule has 0 saturated heterocycles. The summed E-state index contributed by atoms with van der Waals surface area (Å²) in [4.78, 5) is 14.9. The Morgan fingerprint density at radius 3 is 2.71 bits per heavy atom. The third-order valence-corrected chi connectivity index (χ3v) is 4.50. The van der Waals surface area contributed by atoms with Crippen molar-refractivity contribution in [1.82, 2.24) is 19.9 Å². The van der Waals surface area contributed by atoms with Gasteiger partial charge >= 0.3 is 5.97 Å². The number of hydrogen-bond donors (Lipinski definition) is 3. The van der Waals surface area contributed by atoms with E-state index in [9.17, 15) is 13.2 Å². The molecule has 0 saturated carbocycles. The second-order valence-electron chi connectivity index (χ2n) is 4.43. The van der Waals surface area contributed by atoms with E-state index in [1.807, 2.05) is 0 Å². The van der Waals surface area contributed by atoms with Crippen LogP contribution in [0.25, 0.3) is 0 Å². The fourth-order valence-corrected chi connectivity index (χ4v) is 3.25. The van der Waals surface area contributed by atoms with Gasteiger partial charge in [-0.2, -0.15) is 5.10 Å². The van der Waals surface area contributed by atoms with Crippen LogP contribution in [0.2, 0.25) is 0 Å². The lowest BCUT2D eigenvalue weighted by atomic mass is 10.2. The van der Waals surface area contributed by atoms with Crippen molar-refractivity contribution in [1.29, 1.82) is 0 Å². The van der Waals surface area contributed by atoms with Crippen LogP contribution in [0.5, 0.6) is 0 Å². The van der Waals surface area contributed by atoms with Gasteiger partial charge in [0.1, 0.15) is 4.90 Å². The lowest BCUT2D eigenvalue weighted by molar-refractivity contribution is 0.0696. The Labute approximate surface area is 121 Å². The number of aryl methyl sites for hydroxylation is 2. The molecule has 0 bridgehead atoms. The largest absolute Gasteiger partial charge is 0.478 e. The average molecular weight is 310 g/mol. The molecule has 2 aromatic heterocycles. The Morgan fingerprint density at radius 1 is 1.43 bits per heavy atom. The topological polar surface area (TPSA) is 125 Å². The Hall–Kier alpha value is -2.26. The first-order valence-electron chi connectivity index (χ1n) is 6.00. The number of nitrogens with one attached hydrogen (secondary N) is 2. The molecule has 0 radical (unpaired) electrons. The third kappa shape index (κ3) is 3.26. The molecule has 2 heterocycles. The van der Waals surface area contributed by atoms with E-state index in [1.54, 1.807) is 13.8 Å². The average Bonchev–Trinajstić information content (AvgIpc) is 2.77. The van der Waals surface area contributed by atoms with Crippen LogP contribution in [0.3, 0.4) is 0 Å². The van der Waals surface area contributed by atoms with Crippen LogP contribution in [-0.2, 0) is 16.6 Å². The summed E-state index contributed by atoms with van der Waals surface area (Å²) in [6, 6.07) is 2.66. The van der Waals surface area contributed by atoms with E-state index in [2.05, 4.69) is 19.9 Å². The number of rotatable bonds is 5. The second kappa shape index (κ2) is 5.62. The number of carbonyl (C=O) groups is 1. The third-order valence-electron chi connectivity index (χ3n) is 2.84. The van der Waals surface area contributed by atoms with Crippen LogP contribution in [0, 0.1) is 13.8 Å². The van der Waals surface area contributed by atoms with Gasteiger partial charge < -0.3 is 5.11 Å². The highest BCUT2D eigenvalue weighted by molar-refractivity contribution is 7.89. The Balaban J connectivity index is 2.20. The molecule has 0 aliphatic rings. The fourth-order valence-electron chi connectivity index (χ4n) is 1.89. The molecule has 2 aromatic rings. The van der Waals surface area contributed by atoms with Gasteiger partial charge in [-0.3, -0.25) is 10.1 Å². The van der Waals surface area contributed by atoms with Crippen LogP contribution in [0.4, 0.5) is 0 Å². The molecule has 0 aromatic carbocycles. The highest BCUT2D eigenvalue weighted by atomic mass is 32.2. The minimum absolute atomic E-state index is 0.0508. The summed E-state index contributed by atoms with van der Waals surface area (Å²) in [7, 11) is -3.74. The lowest BCUT2D eigenvalue weighted by Crippen LogP contribution is -2.24. The predicted molar refractivity (Wildman–Crippen MR) is 73.3 cm³/mol. The SMILES string of the molecule is Cc1n[nH]c(C)c1S(=O)(=O)NCc1cc(C(=O)O)ccn1. The zero-order valence-corrected chi connectivity index (χ0v) is 12.2. The molecule has 0 amide bonds. The molecular formula is C12H14N4O4S. The normalized spacial score (nSPS) is 11.5. The fraction of sp³-hybridized carbons (Fsp3) is 0.250. The van der Waals surface area contributed by atoms with E-state index in [1.165, 1.54) is 18.3 Å². The second-order valence-corrected chi connectivity index (χ2v) is 6.13. The number of hydrogen-bond acceptors (Lipinski definition) is 5. The van der Waals surface area contributed by atoms with Crippen molar-refractivity contribution in [2.24, 2.45) is 0 Å². The monoisotopic (exact) mass is 310 g/mol. The van der Waals surface area contributed by atoms with Gasteiger partial charge in [0.15, 0.2) is 0 Å². The minimum atomic E-state index is -3.74. The molecule has 112 valence electrons. The molecular weight excluding hydrogens is 296 g/mol. The molecule has 8 nitrogen and oxygen atoms in total. The molecule has 0 spiro atoms. The summed E-state index contributed by atoms with van der Waals surface area (Å²) in [5.74, 6) is -1.09. The molecule has 0 fully saturated rings. The van der Waals surface area contributed by atoms with Gasteiger partial charge in [-0.15, -0.1) is 0 Å². The van der Waals surface area contributed by atoms with Crippen molar-refractivity contribution in [3.8, 4) is 0 Å². The van der Waals surface area contributed by atoms with Crippen LogP contribution in [0.1, 0.15) is 27.4 Å². The highest BCUT2D eigenvalue weighted by Gasteiger charge is 2.22. The quantitative estimate of drug-likeness (QED) is 0.742. The zero-order valence-electron chi connectivity index (χ0n) is 11.4. The number of carboxylic acid groups (broad SMARTS) is 1. The first kappa shape index (κ1) is 15.1. The summed E-state index contributed by atoms with van der Waals surface area (Å²) in [5.41, 5.74) is 1.17. The number of aromatic amines is 1. The summed E-state index contributed by atoms with van der Waals surface area (Å²) < 4.78 is 26.8. The molecule has 0 aliphatic carbocycles. The first-order chi connectivity index (χ1) is 9.81. The van der Waals surface area contributed by atoms with Gasteiger partial charge in [0.25, 0.3) is 0 Å². The standard InChI is InChI=1S/C12H14N4O4S/c1-7-11(8(2)16-15-7)21(19,20)14-6-10-5-9(12(17)18)3-4-13-10/h3-5,14H,6H2,1-2H3,(H,15,16)(H,17,18). The Bertz CT molecular complexity index is 763. The van der Waals surface area contributed by atoms with Crippen LogP contribution >= 0.6 is 0 Å². The number of aromatic nitrogens is 3. The van der Waals surface area contributed by atoms with Gasteiger partial charge in [-0.05, 0) is 26.0 Å². The van der Waals surface area contributed by atoms with Gasteiger partial charge in [0, 0.05) is 6.20 Å². The first-order valence-corrected chi connectivity index (χ1v) is 7.49. The predicted octanol–water partition coefficient (Wildman–Crippen LogP) is 0.598. The van der Waals surface area contributed by atoms with E-state index >= 15 is 0 Å². The number of pyridine rings is 1. The maximum atomic E-state index is 12.2. The maximum absolute atomic E-state index is 12.2. The van der Waals surface area contributed by atoms with Crippen molar-refractivity contribution in [3.63, 3.8) is 0 Å². The van der Waals surface area contributed by atoms with Crippen LogP contribution in [0.15, 0.2) is 23.2 Å². The van der Waals surface area contributed by atoms with Crippen molar-refractivity contribution in [3.05, 3.63) is 41.0 Å². The molecule has 0 unspecified atom stereocenters. The summed E-state index contributed by atoms with van der Waals surface area (Å²) in [6.07, 6.45) is 1.32. The number of nitrogens with zero attached hydrogens (tertiary/aromatic N) is 2. The summed E-state index contributed by atoms with van der Waals surface area (Å²) in [6.45, 7) is 3.09. The van der Waals surface area contributed by atoms with E-state index in [-0.39, 0.29) is 17.0 Å². The van der Waals surface area contributed by atoms with E-state index in [0.717, 1.165) is 0 Å². The van der Waals surface area contributed by atoms with E-state index in [4.69, 9.17) is 5.11 Å². The summed E-state index contributed by atoms with van der Waals surface area (Å²) >= 11 is 0. The van der Waals surface area contributed by atoms with Gasteiger partial charge in [-0.25, -0.2) is 17.9 Å². The molecule has 9 heteroatoms. The van der Waals surface area contributed by atoms with Crippen LogP contribution < -0.4 is 4.72 Å². The number of sulfonamides is 1. The van der Waals surface area contributed by atoms with Crippen LogP contribution in [-0.4, -0.2) is 34.7 Å². The lowest BCUT2D eigenvalue weighted by Gasteiger charge is -2.07. The molecule has 2 rings (SSSR count). The van der Waals surface area contributed by atoms with E-state index < -0.39 is 16.0 Å². The van der Waals surface area contributed by atoms with Gasteiger partial charge in [0.05, 0.1) is 29.2 Å². The van der Waals surface area contributed by atoms with Gasteiger partial charge in [0.2, 0.25) is 10.0 Å². The maximum Gasteiger partial charge on any atom is 0.335 e.